The highest BCUT2D eigenvalue weighted by Crippen LogP contribution is 2.34. The van der Waals surface area contributed by atoms with Crippen molar-refractivity contribution in [2.45, 2.75) is 59.8 Å². The Hall–Kier alpha value is -3.78. The van der Waals surface area contributed by atoms with Gasteiger partial charge in [0, 0.05) is 16.5 Å². The van der Waals surface area contributed by atoms with Gasteiger partial charge in [0.05, 0.1) is 11.2 Å². The Morgan fingerprint density at radius 2 is 1.35 bits per heavy atom. The van der Waals surface area contributed by atoms with Crippen molar-refractivity contribution < 1.29 is 0 Å². The minimum atomic E-state index is 0.772. The van der Waals surface area contributed by atoms with E-state index in [9.17, 15) is 0 Å². The number of unbranched alkanes of at least 4 members (excludes halogenated alkanes) is 3. The van der Waals surface area contributed by atoms with Gasteiger partial charge in [0.1, 0.15) is 0 Å². The molecule has 0 spiro atoms. The quantitative estimate of drug-likeness (QED) is 0.205. The second kappa shape index (κ2) is 11.1. The van der Waals surface area contributed by atoms with E-state index in [-0.39, 0.29) is 0 Å². The standard InChI is InChI=1S/C35H36N2/c1-5-6-7-8-14-27-17-19-28(20-18-27)29-21-24(2)22-30(23-29)35-36-32-16-10-9-15-31(32)34(37-35)33-25(3)12-11-13-26(33)4/h9-13,15-23H,5-8,14H2,1-4H3. The number of nitrogens with zero attached hydrogens (tertiary/aromatic N) is 2. The Morgan fingerprint density at radius 3 is 2.11 bits per heavy atom. The van der Waals surface area contributed by atoms with E-state index in [0.717, 1.165) is 34.4 Å². The third kappa shape index (κ3) is 5.49. The van der Waals surface area contributed by atoms with E-state index in [0.29, 0.717) is 0 Å². The number of aryl methyl sites for hydroxylation is 4. The highest BCUT2D eigenvalue weighted by atomic mass is 14.9. The van der Waals surface area contributed by atoms with Crippen LogP contribution < -0.4 is 0 Å². The average Bonchev–Trinajstić information content (AvgIpc) is 2.91. The van der Waals surface area contributed by atoms with Gasteiger partial charge in [-0.1, -0.05) is 92.9 Å². The second-order valence-electron chi connectivity index (χ2n) is 10.3. The van der Waals surface area contributed by atoms with Crippen molar-refractivity contribution in [1.82, 2.24) is 9.97 Å². The van der Waals surface area contributed by atoms with Crippen LogP contribution in [0.4, 0.5) is 0 Å². The average molecular weight is 485 g/mol. The molecule has 2 nitrogen and oxygen atoms in total. The number of hydrogen-bond donors (Lipinski definition) is 0. The lowest BCUT2D eigenvalue weighted by Crippen LogP contribution is -1.98. The first-order valence-corrected chi connectivity index (χ1v) is 13.6. The molecule has 186 valence electrons. The Kier molecular flexibility index (Phi) is 7.46. The number of para-hydroxylation sites is 1. The van der Waals surface area contributed by atoms with E-state index in [1.807, 2.05) is 0 Å². The Bertz CT molecular complexity index is 1510. The summed E-state index contributed by atoms with van der Waals surface area (Å²) in [4.78, 5) is 10.2. The summed E-state index contributed by atoms with van der Waals surface area (Å²) in [6.07, 6.45) is 6.35. The fourth-order valence-corrected chi connectivity index (χ4v) is 5.28. The molecular formula is C35H36N2. The van der Waals surface area contributed by atoms with Gasteiger partial charge < -0.3 is 0 Å². The molecule has 0 unspecified atom stereocenters. The molecule has 0 aliphatic rings. The Morgan fingerprint density at radius 1 is 0.622 bits per heavy atom. The SMILES string of the molecule is CCCCCCc1ccc(-c2cc(C)cc(-c3nc(-c4c(C)cccc4C)c4ccccc4n3)c2)cc1. The molecule has 5 rings (SSSR count). The van der Waals surface area contributed by atoms with E-state index in [1.165, 1.54) is 64.6 Å². The maximum atomic E-state index is 5.19. The van der Waals surface area contributed by atoms with E-state index >= 15 is 0 Å². The summed E-state index contributed by atoms with van der Waals surface area (Å²) in [7, 11) is 0. The monoisotopic (exact) mass is 484 g/mol. The lowest BCUT2D eigenvalue weighted by molar-refractivity contribution is 0.667. The highest BCUT2D eigenvalue weighted by molar-refractivity contribution is 5.95. The van der Waals surface area contributed by atoms with Crippen molar-refractivity contribution in [2.24, 2.45) is 0 Å². The molecule has 37 heavy (non-hydrogen) atoms. The van der Waals surface area contributed by atoms with Crippen LogP contribution in [0.3, 0.4) is 0 Å². The minimum absolute atomic E-state index is 0.772. The lowest BCUT2D eigenvalue weighted by atomic mass is 9.96. The van der Waals surface area contributed by atoms with Gasteiger partial charge in [-0.25, -0.2) is 9.97 Å². The fraction of sp³-hybridized carbons (Fsp3) is 0.257. The number of hydrogen-bond acceptors (Lipinski definition) is 2. The summed E-state index contributed by atoms with van der Waals surface area (Å²) in [5.74, 6) is 0.772. The van der Waals surface area contributed by atoms with Gasteiger partial charge in [-0.15, -0.1) is 0 Å². The summed E-state index contributed by atoms with van der Waals surface area (Å²) < 4.78 is 0. The van der Waals surface area contributed by atoms with Gasteiger partial charge in [0.2, 0.25) is 0 Å². The molecule has 0 radical (unpaired) electrons. The van der Waals surface area contributed by atoms with Crippen molar-refractivity contribution in [3.8, 4) is 33.8 Å². The topological polar surface area (TPSA) is 25.8 Å². The molecule has 1 heterocycles. The Labute approximate surface area is 221 Å². The predicted molar refractivity (Wildman–Crippen MR) is 158 cm³/mol. The predicted octanol–water partition coefficient (Wildman–Crippen LogP) is 9.68. The number of benzene rings is 4. The van der Waals surface area contributed by atoms with Crippen LogP contribution in [0.2, 0.25) is 0 Å². The largest absolute Gasteiger partial charge is 0.228 e. The van der Waals surface area contributed by atoms with Crippen molar-refractivity contribution >= 4 is 10.9 Å². The molecule has 4 aromatic carbocycles. The van der Waals surface area contributed by atoms with Crippen LogP contribution in [0, 0.1) is 20.8 Å². The highest BCUT2D eigenvalue weighted by Gasteiger charge is 2.15. The molecule has 0 aliphatic heterocycles. The zero-order valence-electron chi connectivity index (χ0n) is 22.5. The van der Waals surface area contributed by atoms with Crippen LogP contribution >= 0.6 is 0 Å². The van der Waals surface area contributed by atoms with Gasteiger partial charge in [-0.05, 0) is 85.2 Å². The zero-order valence-corrected chi connectivity index (χ0v) is 22.5. The fourth-order valence-electron chi connectivity index (χ4n) is 5.28. The molecule has 0 aliphatic carbocycles. The first-order valence-electron chi connectivity index (χ1n) is 13.6. The van der Waals surface area contributed by atoms with Gasteiger partial charge in [-0.2, -0.15) is 0 Å². The summed E-state index contributed by atoms with van der Waals surface area (Å²) >= 11 is 0. The third-order valence-corrected chi connectivity index (χ3v) is 7.26. The second-order valence-corrected chi connectivity index (χ2v) is 10.3. The van der Waals surface area contributed by atoms with Crippen LogP contribution in [0.1, 0.15) is 54.9 Å². The molecule has 2 heteroatoms. The van der Waals surface area contributed by atoms with Crippen LogP contribution in [0.25, 0.3) is 44.7 Å². The van der Waals surface area contributed by atoms with Crippen molar-refractivity contribution in [2.75, 3.05) is 0 Å². The molecule has 0 bridgehead atoms. The lowest BCUT2D eigenvalue weighted by Gasteiger charge is -2.14. The maximum Gasteiger partial charge on any atom is 0.160 e. The summed E-state index contributed by atoms with van der Waals surface area (Å²) in [5.41, 5.74) is 11.8. The molecule has 0 N–H and O–H groups in total. The minimum Gasteiger partial charge on any atom is -0.228 e. The summed E-state index contributed by atoms with van der Waals surface area (Å²) in [6.45, 7) is 8.75. The van der Waals surface area contributed by atoms with Gasteiger partial charge in [0.25, 0.3) is 0 Å². The van der Waals surface area contributed by atoms with Crippen molar-refractivity contribution in [3.63, 3.8) is 0 Å². The van der Waals surface area contributed by atoms with Gasteiger partial charge >= 0.3 is 0 Å². The Balaban J connectivity index is 1.55. The molecule has 1 aromatic heterocycles. The molecule has 0 fully saturated rings. The summed E-state index contributed by atoms with van der Waals surface area (Å²) in [6, 6.07) is 30.6. The van der Waals surface area contributed by atoms with Crippen LogP contribution in [0.15, 0.2) is 84.9 Å². The normalized spacial score (nSPS) is 11.2. The van der Waals surface area contributed by atoms with E-state index in [2.05, 4.69) is 113 Å². The van der Waals surface area contributed by atoms with Crippen molar-refractivity contribution in [1.29, 1.82) is 0 Å². The van der Waals surface area contributed by atoms with Gasteiger partial charge in [-0.3, -0.25) is 0 Å². The smallest absolute Gasteiger partial charge is 0.160 e. The first kappa shape index (κ1) is 24.9. The van der Waals surface area contributed by atoms with Crippen LogP contribution in [-0.4, -0.2) is 9.97 Å². The number of aromatic nitrogens is 2. The van der Waals surface area contributed by atoms with E-state index in [1.54, 1.807) is 0 Å². The summed E-state index contributed by atoms with van der Waals surface area (Å²) in [5, 5.41) is 1.09. The molecule has 0 atom stereocenters. The molecule has 0 amide bonds. The van der Waals surface area contributed by atoms with Crippen molar-refractivity contribution in [3.05, 3.63) is 107 Å². The zero-order chi connectivity index (χ0) is 25.8. The van der Waals surface area contributed by atoms with E-state index < -0.39 is 0 Å². The van der Waals surface area contributed by atoms with Crippen LogP contribution in [0.5, 0.6) is 0 Å². The maximum absolute atomic E-state index is 5.19. The first-order chi connectivity index (χ1) is 18.0. The number of fused-ring (bicyclic) bond motifs is 1. The van der Waals surface area contributed by atoms with Gasteiger partial charge in [0.15, 0.2) is 5.82 Å². The third-order valence-electron chi connectivity index (χ3n) is 7.26. The number of rotatable bonds is 8. The molecule has 0 saturated heterocycles. The van der Waals surface area contributed by atoms with E-state index in [4.69, 9.17) is 9.97 Å². The molecule has 5 aromatic rings. The molecule has 0 saturated carbocycles. The molecular weight excluding hydrogens is 448 g/mol. The van der Waals surface area contributed by atoms with Crippen LogP contribution in [-0.2, 0) is 6.42 Å².